The Morgan fingerprint density at radius 1 is 1.53 bits per heavy atom. The molecular weight excluding hydrogens is 224 g/mol. The highest BCUT2D eigenvalue weighted by molar-refractivity contribution is 5.75. The molecule has 0 atom stereocenters. The Hall–Kier alpha value is -2.45. The summed E-state index contributed by atoms with van der Waals surface area (Å²) in [5.41, 5.74) is 5.32. The maximum atomic E-state index is 11.5. The van der Waals surface area contributed by atoms with E-state index in [0.29, 0.717) is 13.0 Å². The lowest BCUT2D eigenvalue weighted by Crippen LogP contribution is -2.29. The van der Waals surface area contributed by atoms with E-state index in [1.807, 2.05) is 0 Å². The Morgan fingerprint density at radius 2 is 2.41 bits per heavy atom. The molecular formula is C8H12N8O. The van der Waals surface area contributed by atoms with Gasteiger partial charge in [0.25, 0.3) is 0 Å². The summed E-state index contributed by atoms with van der Waals surface area (Å²) in [5, 5.41) is 12.9. The fourth-order valence-corrected chi connectivity index (χ4v) is 1.26. The van der Waals surface area contributed by atoms with E-state index >= 15 is 0 Å². The molecule has 2 aromatic heterocycles. The van der Waals surface area contributed by atoms with Crippen LogP contribution in [0.4, 0.5) is 5.95 Å². The number of amides is 1. The van der Waals surface area contributed by atoms with Crippen molar-refractivity contribution in [3.63, 3.8) is 0 Å². The summed E-state index contributed by atoms with van der Waals surface area (Å²) in [6.45, 7) is 0.582. The number of aromatic nitrogens is 6. The van der Waals surface area contributed by atoms with E-state index in [1.165, 1.54) is 17.3 Å². The van der Waals surface area contributed by atoms with Gasteiger partial charge in [-0.05, 0) is 0 Å². The third kappa shape index (κ3) is 3.26. The van der Waals surface area contributed by atoms with E-state index < -0.39 is 0 Å². The van der Waals surface area contributed by atoms with Crippen molar-refractivity contribution in [1.82, 2.24) is 35.3 Å². The predicted octanol–water partition coefficient (Wildman–Crippen LogP) is -1.66. The van der Waals surface area contributed by atoms with Gasteiger partial charge in [0, 0.05) is 13.0 Å². The Bertz CT molecular complexity index is 475. The molecule has 9 nitrogen and oxygen atoms in total. The minimum atomic E-state index is -0.158. The Labute approximate surface area is 96.4 Å². The van der Waals surface area contributed by atoms with Crippen molar-refractivity contribution < 1.29 is 4.79 Å². The minimum Gasteiger partial charge on any atom is -0.367 e. The van der Waals surface area contributed by atoms with Crippen molar-refractivity contribution in [2.24, 2.45) is 0 Å². The summed E-state index contributed by atoms with van der Waals surface area (Å²) in [7, 11) is 0. The monoisotopic (exact) mass is 236 g/mol. The molecule has 0 aliphatic rings. The van der Waals surface area contributed by atoms with Gasteiger partial charge in [-0.1, -0.05) is 0 Å². The van der Waals surface area contributed by atoms with Crippen LogP contribution in [0.25, 0.3) is 0 Å². The van der Waals surface area contributed by atoms with Gasteiger partial charge in [0.2, 0.25) is 11.9 Å². The summed E-state index contributed by atoms with van der Waals surface area (Å²) in [4.78, 5) is 19.1. The largest absolute Gasteiger partial charge is 0.367 e. The lowest BCUT2D eigenvalue weighted by atomic mass is 10.4. The topological polar surface area (TPSA) is 127 Å². The highest BCUT2D eigenvalue weighted by atomic mass is 16.2. The Balaban J connectivity index is 1.71. The number of H-pyrrole nitrogens is 1. The van der Waals surface area contributed by atoms with Crippen molar-refractivity contribution in [1.29, 1.82) is 0 Å². The number of hydrogen-bond donors (Lipinski definition) is 3. The molecule has 0 saturated heterocycles. The number of nitrogen functional groups attached to an aromatic ring is 1. The van der Waals surface area contributed by atoms with Gasteiger partial charge in [0.1, 0.15) is 25.0 Å². The first-order valence-corrected chi connectivity index (χ1v) is 5.00. The van der Waals surface area contributed by atoms with Crippen LogP contribution in [0.15, 0.2) is 12.7 Å². The molecule has 1 amide bonds. The highest BCUT2D eigenvalue weighted by Crippen LogP contribution is 1.89. The summed E-state index contributed by atoms with van der Waals surface area (Å²) >= 11 is 0. The van der Waals surface area contributed by atoms with Gasteiger partial charge < -0.3 is 11.1 Å². The maximum Gasteiger partial charge on any atom is 0.241 e. The van der Waals surface area contributed by atoms with Gasteiger partial charge in [-0.25, -0.2) is 14.6 Å². The average molecular weight is 236 g/mol. The van der Waals surface area contributed by atoms with E-state index in [-0.39, 0.29) is 18.4 Å². The fourth-order valence-electron chi connectivity index (χ4n) is 1.26. The Morgan fingerprint density at radius 3 is 3.06 bits per heavy atom. The number of carbonyl (C=O) groups is 1. The van der Waals surface area contributed by atoms with Crippen molar-refractivity contribution in [3.8, 4) is 0 Å². The van der Waals surface area contributed by atoms with E-state index in [9.17, 15) is 4.79 Å². The molecule has 0 saturated carbocycles. The molecule has 2 aromatic rings. The third-order valence-corrected chi connectivity index (χ3v) is 2.01. The molecule has 0 unspecified atom stereocenters. The third-order valence-electron chi connectivity index (χ3n) is 2.01. The van der Waals surface area contributed by atoms with Gasteiger partial charge in [0.15, 0.2) is 0 Å². The molecule has 0 aromatic carbocycles. The van der Waals surface area contributed by atoms with E-state index in [1.54, 1.807) is 0 Å². The molecule has 2 heterocycles. The first kappa shape index (κ1) is 11.0. The number of hydrogen-bond acceptors (Lipinski definition) is 6. The van der Waals surface area contributed by atoms with E-state index in [2.05, 4.69) is 30.6 Å². The fraction of sp³-hybridized carbons (Fsp3) is 0.375. The molecule has 9 heteroatoms. The molecule has 0 radical (unpaired) electrons. The molecule has 0 aliphatic carbocycles. The molecule has 0 bridgehead atoms. The molecule has 90 valence electrons. The van der Waals surface area contributed by atoms with Gasteiger partial charge in [-0.3, -0.25) is 9.89 Å². The summed E-state index contributed by atoms with van der Waals surface area (Å²) in [6.07, 6.45) is 3.44. The Kier molecular flexibility index (Phi) is 3.28. The first-order valence-electron chi connectivity index (χ1n) is 5.00. The number of nitrogens with two attached hydrogens (primary N) is 1. The number of nitrogens with zero attached hydrogens (tertiary/aromatic N) is 5. The van der Waals surface area contributed by atoms with Crippen molar-refractivity contribution in [3.05, 3.63) is 18.5 Å². The lowest BCUT2D eigenvalue weighted by Gasteiger charge is -2.03. The van der Waals surface area contributed by atoms with E-state index in [4.69, 9.17) is 5.73 Å². The van der Waals surface area contributed by atoms with Crippen molar-refractivity contribution in [2.45, 2.75) is 13.0 Å². The molecule has 0 spiro atoms. The van der Waals surface area contributed by atoms with Crippen LogP contribution in [0.2, 0.25) is 0 Å². The SMILES string of the molecule is Nc1ncn(CC(=O)NCCc2ncn[nH]2)n1. The predicted molar refractivity (Wildman–Crippen MR) is 57.5 cm³/mol. The standard InChI is InChI=1S/C8H12N8O/c9-8-12-5-16(15-8)3-7(17)10-2-1-6-11-4-13-14-6/h4-5H,1-3H2,(H2,9,15)(H,10,17)(H,11,13,14). The second-order valence-electron chi connectivity index (χ2n) is 3.33. The zero-order chi connectivity index (χ0) is 12.1. The number of rotatable bonds is 5. The van der Waals surface area contributed by atoms with Crippen LogP contribution in [0.1, 0.15) is 5.82 Å². The number of nitrogens with one attached hydrogen (secondary N) is 2. The molecule has 0 aliphatic heterocycles. The van der Waals surface area contributed by atoms with Crippen LogP contribution in [-0.2, 0) is 17.8 Å². The van der Waals surface area contributed by atoms with Crippen LogP contribution in [0.3, 0.4) is 0 Å². The van der Waals surface area contributed by atoms with Crippen LogP contribution in [0, 0.1) is 0 Å². The number of anilines is 1. The normalized spacial score (nSPS) is 10.4. The summed E-state index contributed by atoms with van der Waals surface area (Å²) in [6, 6.07) is 0. The zero-order valence-electron chi connectivity index (χ0n) is 9.00. The van der Waals surface area contributed by atoms with Crippen LogP contribution in [-0.4, -0.2) is 42.4 Å². The number of aromatic amines is 1. The van der Waals surface area contributed by atoms with Crippen LogP contribution in [0.5, 0.6) is 0 Å². The maximum absolute atomic E-state index is 11.5. The zero-order valence-corrected chi connectivity index (χ0v) is 9.00. The highest BCUT2D eigenvalue weighted by Gasteiger charge is 2.04. The quantitative estimate of drug-likeness (QED) is 0.570. The van der Waals surface area contributed by atoms with Crippen molar-refractivity contribution >= 4 is 11.9 Å². The lowest BCUT2D eigenvalue weighted by molar-refractivity contribution is -0.121. The van der Waals surface area contributed by atoms with Crippen LogP contribution < -0.4 is 11.1 Å². The van der Waals surface area contributed by atoms with Gasteiger partial charge in [-0.15, -0.1) is 5.10 Å². The molecule has 2 rings (SSSR count). The second kappa shape index (κ2) is 5.05. The van der Waals surface area contributed by atoms with Gasteiger partial charge in [-0.2, -0.15) is 5.10 Å². The van der Waals surface area contributed by atoms with Crippen LogP contribution >= 0.6 is 0 Å². The molecule has 0 fully saturated rings. The second-order valence-corrected chi connectivity index (χ2v) is 3.33. The average Bonchev–Trinajstić information content (AvgIpc) is 2.90. The smallest absolute Gasteiger partial charge is 0.241 e. The summed E-state index contributed by atoms with van der Waals surface area (Å²) in [5.74, 6) is 0.726. The van der Waals surface area contributed by atoms with Gasteiger partial charge >= 0.3 is 0 Å². The van der Waals surface area contributed by atoms with Crippen molar-refractivity contribution in [2.75, 3.05) is 12.3 Å². The molecule has 4 N–H and O–H groups in total. The first-order chi connectivity index (χ1) is 8.24. The summed E-state index contributed by atoms with van der Waals surface area (Å²) < 4.78 is 1.37. The minimum absolute atomic E-state index is 0.0978. The van der Waals surface area contributed by atoms with E-state index in [0.717, 1.165) is 5.82 Å². The van der Waals surface area contributed by atoms with Gasteiger partial charge in [0.05, 0.1) is 0 Å². The molecule has 17 heavy (non-hydrogen) atoms. The number of carbonyl (C=O) groups excluding carboxylic acids is 1.